The van der Waals surface area contributed by atoms with E-state index in [1.165, 1.54) is 11.8 Å². The average Bonchev–Trinajstić information content (AvgIpc) is 3.13. The lowest BCUT2D eigenvalue weighted by atomic mass is 10.3. The molecule has 1 saturated carbocycles. The third-order valence-electron chi connectivity index (χ3n) is 5.30. The van der Waals surface area contributed by atoms with Gasteiger partial charge in [0.2, 0.25) is 17.6 Å². The van der Waals surface area contributed by atoms with Gasteiger partial charge in [-0.1, -0.05) is 23.9 Å². The number of fused-ring (bicyclic) bond motifs is 3. The van der Waals surface area contributed by atoms with E-state index in [2.05, 4.69) is 15.5 Å². The SMILES string of the molecule is O=C(CSc1nnc2n(CC(=O)N3CCCC3)c3ccccc3n12)NC1CC1. The fourth-order valence-electron chi connectivity index (χ4n) is 3.72. The van der Waals surface area contributed by atoms with Crippen molar-refractivity contribution in [2.45, 2.75) is 43.4 Å². The molecule has 2 fully saturated rings. The van der Waals surface area contributed by atoms with Crippen LogP contribution < -0.4 is 5.32 Å². The molecule has 8 nitrogen and oxygen atoms in total. The van der Waals surface area contributed by atoms with Gasteiger partial charge in [-0.3, -0.25) is 18.6 Å². The number of imidazole rings is 1. The van der Waals surface area contributed by atoms with Gasteiger partial charge >= 0.3 is 0 Å². The number of carbonyl (C=O) groups is 2. The quantitative estimate of drug-likeness (QED) is 0.639. The molecule has 1 aliphatic heterocycles. The number of aromatic nitrogens is 4. The summed E-state index contributed by atoms with van der Waals surface area (Å²) in [4.78, 5) is 26.7. The van der Waals surface area contributed by atoms with Crippen LogP contribution in [0, 0.1) is 0 Å². The molecule has 3 aromatic rings. The van der Waals surface area contributed by atoms with Crippen LogP contribution in [0.25, 0.3) is 16.8 Å². The Morgan fingerprint density at radius 2 is 1.86 bits per heavy atom. The minimum atomic E-state index is 0.0252. The molecule has 0 unspecified atom stereocenters. The number of likely N-dealkylation sites (tertiary alicyclic amines) is 1. The predicted octanol–water partition coefficient (Wildman–Crippen LogP) is 1.68. The molecule has 1 aromatic carbocycles. The number of carbonyl (C=O) groups excluding carboxylic acids is 2. The second kappa shape index (κ2) is 7.12. The van der Waals surface area contributed by atoms with Crippen LogP contribution in [0.3, 0.4) is 0 Å². The second-order valence-electron chi connectivity index (χ2n) is 7.41. The van der Waals surface area contributed by atoms with E-state index < -0.39 is 0 Å². The van der Waals surface area contributed by atoms with Crippen molar-refractivity contribution < 1.29 is 9.59 Å². The van der Waals surface area contributed by atoms with Gasteiger partial charge in [0.25, 0.3) is 0 Å². The van der Waals surface area contributed by atoms with Crippen molar-refractivity contribution in [3.63, 3.8) is 0 Å². The summed E-state index contributed by atoms with van der Waals surface area (Å²) in [5, 5.41) is 12.3. The lowest BCUT2D eigenvalue weighted by molar-refractivity contribution is -0.130. The first-order chi connectivity index (χ1) is 13.7. The van der Waals surface area contributed by atoms with Crippen molar-refractivity contribution in [1.82, 2.24) is 29.4 Å². The molecule has 2 aliphatic rings. The van der Waals surface area contributed by atoms with Crippen LogP contribution in [-0.4, -0.2) is 60.8 Å². The molecular formula is C19H22N6O2S. The van der Waals surface area contributed by atoms with Gasteiger partial charge in [-0.05, 0) is 37.8 Å². The number of rotatable bonds is 6. The molecule has 3 heterocycles. The number of para-hydroxylation sites is 2. The molecule has 1 aliphatic carbocycles. The number of benzene rings is 1. The van der Waals surface area contributed by atoms with Crippen molar-refractivity contribution in [2.24, 2.45) is 0 Å². The number of hydrogen-bond acceptors (Lipinski definition) is 5. The summed E-state index contributed by atoms with van der Waals surface area (Å²) in [5.74, 6) is 1.08. The summed E-state index contributed by atoms with van der Waals surface area (Å²) in [6.45, 7) is 1.92. The lowest BCUT2D eigenvalue weighted by Gasteiger charge is -2.15. The molecule has 9 heteroatoms. The number of nitrogens with zero attached hydrogens (tertiary/aromatic N) is 5. The average molecular weight is 398 g/mol. The molecule has 2 aromatic heterocycles. The third kappa shape index (κ3) is 3.23. The molecule has 2 amide bonds. The highest BCUT2D eigenvalue weighted by Crippen LogP contribution is 2.26. The van der Waals surface area contributed by atoms with E-state index in [0.717, 1.165) is 49.8 Å². The summed E-state index contributed by atoms with van der Waals surface area (Å²) in [6, 6.07) is 8.27. The van der Waals surface area contributed by atoms with Gasteiger partial charge in [-0.2, -0.15) is 0 Å². The van der Waals surface area contributed by atoms with Gasteiger partial charge < -0.3 is 10.2 Å². The van der Waals surface area contributed by atoms with Gasteiger partial charge in [0.05, 0.1) is 16.8 Å². The van der Waals surface area contributed by atoms with Gasteiger partial charge in [-0.15, -0.1) is 10.2 Å². The largest absolute Gasteiger partial charge is 0.353 e. The number of nitrogens with one attached hydrogen (secondary N) is 1. The van der Waals surface area contributed by atoms with Crippen LogP contribution >= 0.6 is 11.8 Å². The van der Waals surface area contributed by atoms with Crippen LogP contribution in [0.5, 0.6) is 0 Å². The second-order valence-corrected chi connectivity index (χ2v) is 8.35. The highest BCUT2D eigenvalue weighted by molar-refractivity contribution is 7.99. The van der Waals surface area contributed by atoms with Crippen LogP contribution in [0.2, 0.25) is 0 Å². The maximum absolute atomic E-state index is 12.7. The van der Waals surface area contributed by atoms with Crippen LogP contribution in [-0.2, 0) is 16.1 Å². The third-order valence-corrected chi connectivity index (χ3v) is 6.23. The highest BCUT2D eigenvalue weighted by atomic mass is 32.2. The Hall–Kier alpha value is -2.55. The van der Waals surface area contributed by atoms with Gasteiger partial charge in [-0.25, -0.2) is 0 Å². The predicted molar refractivity (Wildman–Crippen MR) is 106 cm³/mol. The van der Waals surface area contributed by atoms with E-state index in [1.54, 1.807) is 0 Å². The zero-order valence-corrected chi connectivity index (χ0v) is 16.3. The molecule has 0 bridgehead atoms. The Morgan fingerprint density at radius 1 is 1.11 bits per heavy atom. The normalized spacial score (nSPS) is 16.9. The molecular weight excluding hydrogens is 376 g/mol. The fraction of sp³-hybridized carbons (Fsp3) is 0.474. The summed E-state index contributed by atoms with van der Waals surface area (Å²) in [6.07, 6.45) is 4.29. The van der Waals surface area contributed by atoms with Crippen LogP contribution in [0.1, 0.15) is 25.7 Å². The van der Waals surface area contributed by atoms with Gasteiger partial charge in [0, 0.05) is 19.1 Å². The van der Waals surface area contributed by atoms with Crippen LogP contribution in [0.15, 0.2) is 29.4 Å². The van der Waals surface area contributed by atoms with E-state index in [1.807, 2.05) is 38.1 Å². The van der Waals surface area contributed by atoms with Gasteiger partial charge in [0.15, 0.2) is 5.16 Å². The first-order valence-electron chi connectivity index (χ1n) is 9.73. The zero-order valence-electron chi connectivity index (χ0n) is 15.5. The number of amides is 2. The van der Waals surface area contributed by atoms with Crippen molar-refractivity contribution in [1.29, 1.82) is 0 Å². The molecule has 5 rings (SSSR count). The maximum atomic E-state index is 12.7. The first kappa shape index (κ1) is 17.5. The summed E-state index contributed by atoms with van der Waals surface area (Å²) >= 11 is 1.38. The summed E-state index contributed by atoms with van der Waals surface area (Å²) in [5.41, 5.74) is 1.89. The molecule has 0 spiro atoms. The van der Waals surface area contributed by atoms with E-state index in [4.69, 9.17) is 0 Å². The van der Waals surface area contributed by atoms with E-state index in [0.29, 0.717) is 22.7 Å². The Kier molecular flexibility index (Phi) is 4.46. The standard InChI is InChI=1S/C19H22N6O2S/c26-16(20-13-7-8-13)12-28-19-22-21-18-24(11-17(27)23-9-3-4-10-23)14-5-1-2-6-15(14)25(18)19/h1-2,5-6,13H,3-4,7-12H2,(H,20,26). The minimum Gasteiger partial charge on any atom is -0.353 e. The van der Waals surface area contributed by atoms with Crippen molar-refractivity contribution >= 4 is 40.4 Å². The molecule has 1 saturated heterocycles. The monoisotopic (exact) mass is 398 g/mol. The van der Waals surface area contributed by atoms with E-state index >= 15 is 0 Å². The Morgan fingerprint density at radius 3 is 2.61 bits per heavy atom. The van der Waals surface area contributed by atoms with Crippen LogP contribution in [0.4, 0.5) is 0 Å². The molecule has 146 valence electrons. The molecule has 0 radical (unpaired) electrons. The lowest BCUT2D eigenvalue weighted by Crippen LogP contribution is -2.31. The smallest absolute Gasteiger partial charge is 0.242 e. The fourth-order valence-corrected chi connectivity index (χ4v) is 4.47. The summed E-state index contributed by atoms with van der Waals surface area (Å²) < 4.78 is 3.87. The van der Waals surface area contributed by atoms with Crippen molar-refractivity contribution in [3.05, 3.63) is 24.3 Å². The zero-order chi connectivity index (χ0) is 19.1. The van der Waals surface area contributed by atoms with Crippen molar-refractivity contribution in [2.75, 3.05) is 18.8 Å². The molecule has 0 atom stereocenters. The topological polar surface area (TPSA) is 84.5 Å². The number of hydrogen-bond donors (Lipinski definition) is 1. The Labute approximate surface area is 166 Å². The summed E-state index contributed by atoms with van der Waals surface area (Å²) in [7, 11) is 0. The highest BCUT2D eigenvalue weighted by Gasteiger charge is 2.25. The number of thioether (sulfide) groups is 1. The van der Waals surface area contributed by atoms with Crippen molar-refractivity contribution in [3.8, 4) is 0 Å². The maximum Gasteiger partial charge on any atom is 0.242 e. The Bertz CT molecular complexity index is 1050. The molecule has 1 N–H and O–H groups in total. The van der Waals surface area contributed by atoms with E-state index in [-0.39, 0.29) is 18.4 Å². The minimum absolute atomic E-state index is 0.0252. The Balaban J connectivity index is 1.45. The first-order valence-corrected chi connectivity index (χ1v) is 10.7. The molecule has 28 heavy (non-hydrogen) atoms. The van der Waals surface area contributed by atoms with E-state index in [9.17, 15) is 9.59 Å². The van der Waals surface area contributed by atoms with Gasteiger partial charge in [0.1, 0.15) is 6.54 Å².